The zero-order chi connectivity index (χ0) is 23.3. The summed E-state index contributed by atoms with van der Waals surface area (Å²) < 4.78 is 21.0. The molecular weight excluding hydrogens is 412 g/mol. The van der Waals surface area contributed by atoms with Gasteiger partial charge in [-0.3, -0.25) is 19.2 Å². The maximum atomic E-state index is 13.0. The number of anilines is 2. The summed E-state index contributed by atoms with van der Waals surface area (Å²) in [4.78, 5) is 48.4. The Morgan fingerprint density at radius 1 is 0.968 bits per heavy atom. The zero-order valence-corrected chi connectivity index (χ0v) is 17.6. The van der Waals surface area contributed by atoms with Crippen LogP contribution in [0.1, 0.15) is 27.7 Å². The first-order valence-electron chi connectivity index (χ1n) is 9.45. The minimum Gasteiger partial charge on any atom is -0.829 e. The molecule has 2 rings (SSSR count). The summed E-state index contributed by atoms with van der Waals surface area (Å²) >= 11 is 0. The van der Waals surface area contributed by atoms with Gasteiger partial charge in [-0.05, 0) is 24.3 Å². The van der Waals surface area contributed by atoms with E-state index in [9.17, 15) is 24.3 Å². The lowest BCUT2D eigenvalue weighted by atomic mass is 9.94. The predicted molar refractivity (Wildman–Crippen MR) is 104 cm³/mol. The van der Waals surface area contributed by atoms with Crippen LogP contribution in [0, 0.1) is 0 Å². The second-order valence-electron chi connectivity index (χ2n) is 6.96. The second-order valence-corrected chi connectivity index (χ2v) is 6.96. The highest BCUT2D eigenvalue weighted by Gasteiger charge is 2.50. The van der Waals surface area contributed by atoms with Crippen LogP contribution in [-0.4, -0.2) is 61.1 Å². The standard InChI is InChI=1S/C20H25N2O9/c1-10(23)22(15-7-5-14(21)6-8-15)17-19(30-13(4)26)18(29-12(3)25)16(31-20(17)27)9-28-11(2)24/h5-8,16-20H,9,21H2,1-4H3/q-1/t16-,17-,18-,19-,20-/m1/s1. The second kappa shape index (κ2) is 10.2. The molecule has 0 bridgehead atoms. The number of nitrogens with zero attached hydrogens (tertiary/aromatic N) is 1. The molecule has 11 nitrogen and oxygen atoms in total. The van der Waals surface area contributed by atoms with Crippen molar-refractivity contribution < 1.29 is 43.2 Å². The van der Waals surface area contributed by atoms with Crippen LogP contribution in [0.15, 0.2) is 24.3 Å². The molecule has 2 N–H and O–H groups in total. The normalized spacial score (nSPS) is 25.3. The molecule has 5 atom stereocenters. The molecule has 0 aliphatic carbocycles. The Balaban J connectivity index is 2.52. The van der Waals surface area contributed by atoms with E-state index in [1.54, 1.807) is 0 Å². The number of hydrogen-bond acceptors (Lipinski definition) is 10. The van der Waals surface area contributed by atoms with E-state index in [2.05, 4.69) is 0 Å². The summed E-state index contributed by atoms with van der Waals surface area (Å²) in [6, 6.07) is 4.70. The van der Waals surface area contributed by atoms with Crippen LogP contribution in [0.3, 0.4) is 0 Å². The number of esters is 3. The number of carbonyl (C=O) groups excluding carboxylic acids is 4. The van der Waals surface area contributed by atoms with Crippen LogP contribution in [0.4, 0.5) is 11.4 Å². The molecule has 1 aromatic carbocycles. The van der Waals surface area contributed by atoms with E-state index in [0.29, 0.717) is 11.4 Å². The number of hydrogen-bond donors (Lipinski definition) is 1. The molecule has 11 heteroatoms. The summed E-state index contributed by atoms with van der Waals surface area (Å²) in [5, 5.41) is 13.0. The number of rotatable bonds is 6. The van der Waals surface area contributed by atoms with Crippen molar-refractivity contribution in [2.24, 2.45) is 0 Å². The average molecular weight is 437 g/mol. The fourth-order valence-corrected chi connectivity index (χ4v) is 3.36. The summed E-state index contributed by atoms with van der Waals surface area (Å²) in [6.45, 7) is 4.19. The number of carbonyl (C=O) groups is 4. The molecule has 0 saturated carbocycles. The maximum Gasteiger partial charge on any atom is 0.303 e. The SMILES string of the molecule is CC(=O)OC[C@H]1O[C@@H]([O-])[C@H](N(C(C)=O)c2ccc(N)cc2)[C@@H](OC(C)=O)[C@@H]1OC(C)=O. The molecule has 1 fully saturated rings. The van der Waals surface area contributed by atoms with Gasteiger partial charge in [0.05, 0.1) is 6.04 Å². The highest BCUT2D eigenvalue weighted by molar-refractivity contribution is 5.92. The van der Waals surface area contributed by atoms with Crippen LogP contribution in [0.5, 0.6) is 0 Å². The van der Waals surface area contributed by atoms with E-state index in [1.165, 1.54) is 31.2 Å². The zero-order valence-electron chi connectivity index (χ0n) is 17.6. The Morgan fingerprint density at radius 3 is 2.00 bits per heavy atom. The molecule has 1 saturated heterocycles. The van der Waals surface area contributed by atoms with E-state index in [0.717, 1.165) is 25.7 Å². The molecule has 0 radical (unpaired) electrons. The molecule has 1 aliphatic heterocycles. The largest absolute Gasteiger partial charge is 0.829 e. The highest BCUT2D eigenvalue weighted by atomic mass is 16.7. The van der Waals surface area contributed by atoms with Crippen molar-refractivity contribution in [2.45, 2.75) is 58.3 Å². The number of amides is 1. The van der Waals surface area contributed by atoms with Crippen LogP contribution in [0.25, 0.3) is 0 Å². The van der Waals surface area contributed by atoms with E-state index >= 15 is 0 Å². The van der Waals surface area contributed by atoms with E-state index in [-0.39, 0.29) is 0 Å². The van der Waals surface area contributed by atoms with E-state index < -0.39 is 61.1 Å². The topological polar surface area (TPSA) is 158 Å². The minimum atomic E-state index is -1.92. The van der Waals surface area contributed by atoms with Crippen LogP contribution >= 0.6 is 0 Å². The first kappa shape index (κ1) is 24.1. The number of benzene rings is 1. The Bertz CT molecular complexity index is 826. The summed E-state index contributed by atoms with van der Waals surface area (Å²) in [5.41, 5.74) is 6.43. The highest BCUT2D eigenvalue weighted by Crippen LogP contribution is 2.31. The smallest absolute Gasteiger partial charge is 0.303 e. The minimum absolute atomic E-state index is 0.299. The summed E-state index contributed by atoms with van der Waals surface area (Å²) in [5.74, 6) is -2.71. The Kier molecular flexibility index (Phi) is 7.95. The third kappa shape index (κ3) is 6.15. The molecule has 1 amide bonds. The van der Waals surface area contributed by atoms with Crippen molar-refractivity contribution in [1.29, 1.82) is 0 Å². The van der Waals surface area contributed by atoms with Gasteiger partial charge in [-0.15, -0.1) is 0 Å². The van der Waals surface area contributed by atoms with Gasteiger partial charge in [-0.1, -0.05) is 0 Å². The van der Waals surface area contributed by atoms with Gasteiger partial charge in [0.25, 0.3) is 0 Å². The lowest BCUT2D eigenvalue weighted by molar-refractivity contribution is -0.517. The van der Waals surface area contributed by atoms with Gasteiger partial charge < -0.3 is 34.7 Å². The van der Waals surface area contributed by atoms with E-state index in [1.807, 2.05) is 0 Å². The maximum absolute atomic E-state index is 13.0. The average Bonchev–Trinajstić information content (AvgIpc) is 2.65. The van der Waals surface area contributed by atoms with Gasteiger partial charge >= 0.3 is 17.9 Å². The molecule has 1 aromatic rings. The van der Waals surface area contributed by atoms with E-state index in [4.69, 9.17) is 24.7 Å². The number of nitrogens with two attached hydrogens (primary N) is 1. The third-order valence-corrected chi connectivity index (χ3v) is 4.48. The van der Waals surface area contributed by atoms with Crippen molar-refractivity contribution in [3.05, 3.63) is 24.3 Å². The van der Waals surface area contributed by atoms with Crippen LogP contribution in [0.2, 0.25) is 0 Å². The van der Waals surface area contributed by atoms with Gasteiger partial charge in [-0.2, -0.15) is 0 Å². The molecule has 0 unspecified atom stereocenters. The molecule has 170 valence electrons. The van der Waals surface area contributed by atoms with Gasteiger partial charge in [0.2, 0.25) is 5.91 Å². The van der Waals surface area contributed by atoms with Gasteiger partial charge in [0.15, 0.2) is 12.2 Å². The van der Waals surface area contributed by atoms with Gasteiger partial charge in [0, 0.05) is 45.4 Å². The molecule has 31 heavy (non-hydrogen) atoms. The Hall–Kier alpha value is -3.18. The monoisotopic (exact) mass is 437 g/mol. The molecule has 0 aromatic heterocycles. The van der Waals surface area contributed by atoms with Crippen molar-refractivity contribution in [1.82, 2.24) is 0 Å². The van der Waals surface area contributed by atoms with Crippen molar-refractivity contribution in [3.63, 3.8) is 0 Å². The van der Waals surface area contributed by atoms with Gasteiger partial charge in [0.1, 0.15) is 12.7 Å². The lowest BCUT2D eigenvalue weighted by Gasteiger charge is -2.51. The molecule has 0 spiro atoms. The third-order valence-electron chi connectivity index (χ3n) is 4.48. The van der Waals surface area contributed by atoms with Gasteiger partial charge in [-0.25, -0.2) is 0 Å². The van der Waals surface area contributed by atoms with Crippen molar-refractivity contribution in [3.8, 4) is 0 Å². The molecule has 1 heterocycles. The lowest BCUT2D eigenvalue weighted by Crippen LogP contribution is -2.70. The quantitative estimate of drug-likeness (QED) is 0.349. The van der Waals surface area contributed by atoms with Crippen LogP contribution < -0.4 is 15.7 Å². The number of nitrogen functional groups attached to an aromatic ring is 1. The Labute approximate surface area is 179 Å². The van der Waals surface area contributed by atoms with Crippen molar-refractivity contribution >= 4 is 35.2 Å². The fraction of sp³-hybridized carbons (Fsp3) is 0.500. The Morgan fingerprint density at radius 2 is 1.52 bits per heavy atom. The first-order valence-corrected chi connectivity index (χ1v) is 9.45. The predicted octanol–water partition coefficient (Wildman–Crippen LogP) is -0.498. The molecular formula is C20H25N2O9-. The summed E-state index contributed by atoms with van der Waals surface area (Å²) in [6.07, 6.45) is -5.83. The summed E-state index contributed by atoms with van der Waals surface area (Å²) in [7, 11) is 0. The van der Waals surface area contributed by atoms with Crippen LogP contribution in [-0.2, 0) is 38.1 Å². The fourth-order valence-electron chi connectivity index (χ4n) is 3.36. The first-order chi connectivity index (χ1) is 14.5. The molecule has 1 aliphatic rings. The van der Waals surface area contributed by atoms with Crippen molar-refractivity contribution in [2.75, 3.05) is 17.2 Å². The number of ether oxygens (including phenoxy) is 4.